The van der Waals surface area contributed by atoms with E-state index in [-0.39, 0.29) is 17.1 Å². The normalized spacial score (nSPS) is 28.0. The van der Waals surface area contributed by atoms with Crippen LogP contribution in [0, 0.1) is 11.3 Å². The Morgan fingerprint density at radius 1 is 1.24 bits per heavy atom. The van der Waals surface area contributed by atoms with Crippen molar-refractivity contribution in [3.05, 3.63) is 40.2 Å². The number of rotatable bonds is 6. The molecule has 9 heteroatoms. The summed E-state index contributed by atoms with van der Waals surface area (Å²) >= 11 is 0. The van der Waals surface area contributed by atoms with Gasteiger partial charge in [0.1, 0.15) is 0 Å². The summed E-state index contributed by atoms with van der Waals surface area (Å²) in [6.45, 7) is 13.6. The van der Waals surface area contributed by atoms with Gasteiger partial charge in [-0.3, -0.25) is 14.1 Å². The Balaban J connectivity index is 0.000000619. The average molecular weight is 537 g/mol. The second-order valence-electron chi connectivity index (χ2n) is 10.7. The minimum Gasteiger partial charge on any atom is -0.661 e. The van der Waals surface area contributed by atoms with Gasteiger partial charge in [0, 0.05) is 6.54 Å². The Bertz CT molecular complexity index is 961. The van der Waals surface area contributed by atoms with Crippen molar-refractivity contribution in [2.24, 2.45) is 16.3 Å². The zero-order chi connectivity index (χ0) is 24.3. The van der Waals surface area contributed by atoms with Crippen molar-refractivity contribution >= 4 is 16.2 Å². The maximum absolute atomic E-state index is 8.97. The Labute approximate surface area is 216 Å². The van der Waals surface area contributed by atoms with E-state index in [1.807, 2.05) is 0 Å². The first-order valence-corrected chi connectivity index (χ1v) is 13.7. The molecule has 0 saturated heterocycles. The van der Waals surface area contributed by atoms with Gasteiger partial charge in [-0.25, -0.2) is 0 Å². The Morgan fingerprint density at radius 3 is 2.56 bits per heavy atom. The Hall–Kier alpha value is -0.961. The summed E-state index contributed by atoms with van der Waals surface area (Å²) in [5.74, 6) is 2.52. The molecule has 0 spiro atoms. The maximum atomic E-state index is 8.97. The van der Waals surface area contributed by atoms with Crippen molar-refractivity contribution in [1.29, 1.82) is 0 Å². The molecular weight excluding hydrogens is 494 g/mol. The maximum Gasteiger partial charge on any atom is 3.00 e. The number of nitrogens with zero attached hydrogens (tertiary/aromatic N) is 2. The number of amidine groups is 1. The van der Waals surface area contributed by atoms with Gasteiger partial charge in [0.25, 0.3) is 0 Å². The van der Waals surface area contributed by atoms with E-state index in [4.69, 9.17) is 22.8 Å². The van der Waals surface area contributed by atoms with Crippen LogP contribution in [0.2, 0.25) is 0 Å². The van der Waals surface area contributed by atoms with Crippen LogP contribution >= 0.6 is 0 Å². The fraction of sp³-hybridized carbons (Fsp3) is 0.720. The predicted octanol–water partition coefficient (Wildman–Crippen LogP) is 3.26. The number of hydrogen-bond donors (Lipinski definition) is 1. The van der Waals surface area contributed by atoms with Crippen molar-refractivity contribution in [2.45, 2.75) is 77.6 Å². The van der Waals surface area contributed by atoms with Crippen LogP contribution in [-0.4, -0.2) is 49.5 Å². The first kappa shape index (κ1) is 29.3. The van der Waals surface area contributed by atoms with Gasteiger partial charge in [-0.1, -0.05) is 60.7 Å². The summed E-state index contributed by atoms with van der Waals surface area (Å²) in [5, 5.41) is 8.39. The topological polar surface area (TPSA) is 118 Å². The van der Waals surface area contributed by atoms with Gasteiger partial charge in [-0.2, -0.15) is 0 Å². The fourth-order valence-corrected chi connectivity index (χ4v) is 6.33. The van der Waals surface area contributed by atoms with E-state index < -0.39 is 10.4 Å². The van der Waals surface area contributed by atoms with Crippen molar-refractivity contribution in [2.75, 3.05) is 26.2 Å². The quantitative estimate of drug-likeness (QED) is 0.342. The Kier molecular flexibility index (Phi) is 10.2. The second kappa shape index (κ2) is 11.8. The molecule has 1 aromatic carbocycles. The summed E-state index contributed by atoms with van der Waals surface area (Å²) in [5.41, 5.74) is 5.42. The van der Waals surface area contributed by atoms with Crippen molar-refractivity contribution in [3.8, 4) is 0 Å². The van der Waals surface area contributed by atoms with Gasteiger partial charge in [-0.05, 0) is 71.5 Å². The molecule has 4 rings (SSSR count). The van der Waals surface area contributed by atoms with Crippen molar-refractivity contribution < 1.29 is 34.6 Å². The van der Waals surface area contributed by atoms with E-state index in [1.165, 1.54) is 37.7 Å². The van der Waals surface area contributed by atoms with Gasteiger partial charge in [0.2, 0.25) is 0 Å². The molecule has 2 aliphatic carbocycles. The molecule has 3 unspecified atom stereocenters. The number of aliphatic imine (C=N–C) groups is 1. The first-order valence-electron chi connectivity index (χ1n) is 12.2. The molecule has 1 heterocycles. The fourth-order valence-electron chi connectivity index (χ4n) is 6.33. The van der Waals surface area contributed by atoms with Crippen LogP contribution in [0.3, 0.4) is 0 Å². The third kappa shape index (κ3) is 7.28. The monoisotopic (exact) mass is 536 g/mol. The molecule has 3 aliphatic rings. The number of aryl methyl sites for hydroxylation is 1. The van der Waals surface area contributed by atoms with Gasteiger partial charge < -0.3 is 10.6 Å². The molecule has 0 aromatic heterocycles. The largest absolute Gasteiger partial charge is 3.00 e. The van der Waals surface area contributed by atoms with Crippen LogP contribution < -0.4 is 5.32 Å². The zero-order valence-electron chi connectivity index (χ0n) is 20.9. The molecule has 1 saturated carbocycles. The zero-order valence-corrected chi connectivity index (χ0v) is 22.9. The number of benzene rings is 1. The smallest absolute Gasteiger partial charge is 0.661 e. The van der Waals surface area contributed by atoms with E-state index in [2.05, 4.69) is 56.2 Å². The molecule has 0 amide bonds. The molecule has 1 radical (unpaired) electrons. The molecule has 7 nitrogen and oxygen atoms in total. The molecule has 34 heavy (non-hydrogen) atoms. The molecule has 191 valence electrons. The molecule has 1 aromatic rings. The summed E-state index contributed by atoms with van der Waals surface area (Å²) in [4.78, 5) is 4.50. The third-order valence-electron chi connectivity index (χ3n) is 7.89. The summed E-state index contributed by atoms with van der Waals surface area (Å²) in [6, 6.07) is 7.37. The van der Waals surface area contributed by atoms with E-state index >= 15 is 0 Å². The van der Waals surface area contributed by atoms with Gasteiger partial charge >= 0.3 is 27.5 Å². The Morgan fingerprint density at radius 2 is 1.94 bits per heavy atom. The van der Waals surface area contributed by atoms with Gasteiger partial charge in [0.05, 0.1) is 12.4 Å². The standard InChI is InChI=1S/C25H38N3.Fe.H2O4S/c1-18(2)19-6-8-21-20(16-19)7-9-22-24(3,11-5-12-25(21,22)4)17-26-13-10-23-27-14-15-28-23;;1-5(2,3)4/h6,8,16,18,22H,5,7,9-15,17H2,1-4H3,(H,27,28);;(H2,1,2,3,4)/q-1;+3;/p+2. The predicted molar refractivity (Wildman–Crippen MR) is 136 cm³/mol. The third-order valence-corrected chi connectivity index (χ3v) is 7.89. The van der Waals surface area contributed by atoms with E-state index in [9.17, 15) is 0 Å². The van der Waals surface area contributed by atoms with Crippen LogP contribution in [0.15, 0.2) is 23.2 Å². The molecule has 1 aliphatic heterocycles. The summed E-state index contributed by atoms with van der Waals surface area (Å²) in [6.07, 6.45) is 7.55. The molecule has 1 fully saturated rings. The SMILES string of the molecule is CC(C)c1ccc2c(c1)CCC1C(C)(C[N-]CCC3=NCCN3)CCCC21C.O=S(=O)([OH2+])[OH2+].[Fe+3]. The van der Waals surface area contributed by atoms with E-state index in [0.717, 1.165) is 44.4 Å². The molecule has 5 N–H and O–H groups in total. The van der Waals surface area contributed by atoms with E-state index in [1.54, 1.807) is 11.1 Å². The minimum absolute atomic E-state index is 0. The van der Waals surface area contributed by atoms with Crippen LogP contribution in [0.1, 0.15) is 82.4 Å². The van der Waals surface area contributed by atoms with E-state index in [0.29, 0.717) is 16.7 Å². The van der Waals surface area contributed by atoms with Crippen LogP contribution in [0.5, 0.6) is 0 Å². The minimum atomic E-state index is -4.17. The number of fused-ring (bicyclic) bond motifs is 3. The van der Waals surface area contributed by atoms with Crippen molar-refractivity contribution in [1.82, 2.24) is 5.32 Å². The van der Waals surface area contributed by atoms with Crippen molar-refractivity contribution in [3.63, 3.8) is 0 Å². The molecule has 0 bridgehead atoms. The van der Waals surface area contributed by atoms with Gasteiger partial charge in [0.15, 0.2) is 0 Å². The van der Waals surface area contributed by atoms with Crippen LogP contribution in [-0.2, 0) is 39.3 Å². The average Bonchev–Trinajstić information content (AvgIpc) is 3.23. The number of hydrogen-bond acceptors (Lipinski definition) is 4. The summed E-state index contributed by atoms with van der Waals surface area (Å²) in [7, 11) is -4.17. The van der Waals surface area contributed by atoms with Gasteiger partial charge in [-0.15, -0.1) is 13.1 Å². The molecular formula is C25H42FeN3O4S+4. The summed E-state index contributed by atoms with van der Waals surface area (Å²) < 4.78 is 29.1. The first-order chi connectivity index (χ1) is 15.4. The van der Waals surface area contributed by atoms with Crippen LogP contribution in [0.4, 0.5) is 0 Å². The molecule has 3 atom stereocenters. The van der Waals surface area contributed by atoms with Crippen LogP contribution in [0.25, 0.3) is 5.32 Å². The number of nitrogens with one attached hydrogen (secondary N) is 1. The second-order valence-corrected chi connectivity index (χ2v) is 11.7.